The Morgan fingerprint density at radius 1 is 1.13 bits per heavy atom. The SMILES string of the molecule is COc1ccc2c(OC3CC4C(=O)NC5(C(=O)O)CC5/C=C\CCCCN(C)C(=O)C4C3)cc(-n3ccc(C(C)C)n3)nc2c1C. The molecule has 11 nitrogen and oxygen atoms in total. The highest BCUT2D eigenvalue weighted by Crippen LogP contribution is 2.47. The van der Waals surface area contributed by atoms with Crippen LogP contribution in [0.15, 0.2) is 42.6 Å². The van der Waals surface area contributed by atoms with Crippen LogP contribution in [0.5, 0.6) is 11.5 Å². The van der Waals surface area contributed by atoms with Crippen LogP contribution >= 0.6 is 0 Å². The minimum absolute atomic E-state index is 0.116. The molecule has 0 saturated heterocycles. The van der Waals surface area contributed by atoms with Gasteiger partial charge in [0.2, 0.25) is 11.8 Å². The number of nitrogens with zero attached hydrogens (tertiary/aromatic N) is 4. The summed E-state index contributed by atoms with van der Waals surface area (Å²) in [7, 11) is 3.39. The molecule has 6 rings (SSSR count). The molecule has 0 bridgehead atoms. The third kappa shape index (κ3) is 5.83. The molecule has 0 radical (unpaired) electrons. The zero-order chi connectivity index (χ0) is 32.7. The number of carbonyl (C=O) groups excluding carboxylic acids is 2. The minimum Gasteiger partial charge on any atom is -0.496 e. The maximum Gasteiger partial charge on any atom is 0.330 e. The average molecular weight is 630 g/mol. The molecule has 3 aromatic rings. The second-order valence-electron chi connectivity index (χ2n) is 13.3. The Balaban J connectivity index is 1.35. The lowest BCUT2D eigenvalue weighted by molar-refractivity contribution is -0.145. The zero-order valence-corrected chi connectivity index (χ0v) is 27.2. The topological polar surface area (TPSA) is 136 Å². The number of allylic oxidation sites excluding steroid dienone is 1. The largest absolute Gasteiger partial charge is 0.496 e. The molecule has 3 aliphatic rings. The fourth-order valence-corrected chi connectivity index (χ4v) is 6.95. The van der Waals surface area contributed by atoms with Gasteiger partial charge in [-0.05, 0) is 69.6 Å². The highest BCUT2D eigenvalue weighted by atomic mass is 16.5. The van der Waals surface area contributed by atoms with Crippen molar-refractivity contribution in [3.8, 4) is 17.3 Å². The first-order valence-electron chi connectivity index (χ1n) is 16.2. The second-order valence-corrected chi connectivity index (χ2v) is 13.3. The normalized spacial score (nSPS) is 27.5. The van der Waals surface area contributed by atoms with E-state index in [2.05, 4.69) is 19.2 Å². The number of nitrogens with one attached hydrogen (secondary N) is 1. The van der Waals surface area contributed by atoms with E-state index < -0.39 is 35.4 Å². The van der Waals surface area contributed by atoms with Gasteiger partial charge in [0.05, 0.1) is 30.2 Å². The lowest BCUT2D eigenvalue weighted by Gasteiger charge is -2.26. The highest BCUT2D eigenvalue weighted by Gasteiger charge is 2.61. The number of methoxy groups -OCH3 is 1. The fourth-order valence-electron chi connectivity index (χ4n) is 6.95. The van der Waals surface area contributed by atoms with Gasteiger partial charge < -0.3 is 24.8 Å². The van der Waals surface area contributed by atoms with Gasteiger partial charge in [-0.15, -0.1) is 0 Å². The van der Waals surface area contributed by atoms with Crippen molar-refractivity contribution in [2.75, 3.05) is 20.7 Å². The van der Waals surface area contributed by atoms with Crippen molar-refractivity contribution in [1.82, 2.24) is 25.0 Å². The van der Waals surface area contributed by atoms with Crippen LogP contribution in [0.1, 0.15) is 69.5 Å². The maximum atomic E-state index is 13.8. The summed E-state index contributed by atoms with van der Waals surface area (Å²) in [5, 5.41) is 18.4. The van der Waals surface area contributed by atoms with Crippen LogP contribution in [-0.2, 0) is 14.4 Å². The first kappa shape index (κ1) is 31.6. The molecule has 5 unspecified atom stereocenters. The van der Waals surface area contributed by atoms with E-state index in [0.29, 0.717) is 42.2 Å². The number of aromatic nitrogens is 3. The predicted octanol–water partition coefficient (Wildman–Crippen LogP) is 4.79. The molecule has 0 spiro atoms. The number of amides is 2. The number of rotatable bonds is 6. The summed E-state index contributed by atoms with van der Waals surface area (Å²) in [4.78, 5) is 46.6. The summed E-state index contributed by atoms with van der Waals surface area (Å²) < 4.78 is 14.0. The van der Waals surface area contributed by atoms with Crippen LogP contribution < -0.4 is 14.8 Å². The van der Waals surface area contributed by atoms with Gasteiger partial charge >= 0.3 is 5.97 Å². The number of hydrogen-bond acceptors (Lipinski definition) is 7. The molecule has 5 atom stereocenters. The molecule has 46 heavy (non-hydrogen) atoms. The van der Waals surface area contributed by atoms with Crippen LogP contribution in [0.25, 0.3) is 16.7 Å². The Morgan fingerprint density at radius 3 is 2.63 bits per heavy atom. The Hall–Kier alpha value is -4.41. The van der Waals surface area contributed by atoms with Crippen LogP contribution in [0, 0.1) is 24.7 Å². The summed E-state index contributed by atoms with van der Waals surface area (Å²) in [6.07, 6.45) is 8.79. The number of carbonyl (C=O) groups is 3. The molecule has 2 saturated carbocycles. The number of carboxylic acid groups (broad SMARTS) is 1. The molecule has 1 aromatic carbocycles. The minimum atomic E-state index is -1.33. The van der Waals surface area contributed by atoms with Crippen LogP contribution in [-0.4, -0.2) is 74.9 Å². The second kappa shape index (κ2) is 12.4. The van der Waals surface area contributed by atoms with Crippen molar-refractivity contribution in [2.45, 2.75) is 76.9 Å². The molecule has 2 N–H and O–H groups in total. The van der Waals surface area contributed by atoms with Gasteiger partial charge in [-0.1, -0.05) is 26.0 Å². The van der Waals surface area contributed by atoms with Gasteiger partial charge in [0.1, 0.15) is 23.1 Å². The van der Waals surface area contributed by atoms with E-state index in [1.165, 1.54) is 0 Å². The van der Waals surface area contributed by atoms with Crippen molar-refractivity contribution < 1.29 is 29.0 Å². The molecule has 2 amide bonds. The van der Waals surface area contributed by atoms with Gasteiger partial charge in [0.25, 0.3) is 0 Å². The first-order chi connectivity index (χ1) is 22.0. The molecule has 1 aliphatic heterocycles. The van der Waals surface area contributed by atoms with Crippen molar-refractivity contribution in [3.05, 3.63) is 53.9 Å². The van der Waals surface area contributed by atoms with Crippen LogP contribution in [0.4, 0.5) is 0 Å². The lowest BCUT2D eigenvalue weighted by Crippen LogP contribution is -2.49. The fraction of sp³-hybridized carbons (Fsp3) is 0.514. The van der Waals surface area contributed by atoms with E-state index in [-0.39, 0.29) is 24.2 Å². The summed E-state index contributed by atoms with van der Waals surface area (Å²) in [6, 6.07) is 7.59. The number of aryl methyl sites for hydroxylation is 1. The summed E-state index contributed by atoms with van der Waals surface area (Å²) >= 11 is 0. The highest BCUT2D eigenvalue weighted by molar-refractivity contribution is 5.94. The Labute approximate surface area is 268 Å². The summed E-state index contributed by atoms with van der Waals surface area (Å²) in [5.41, 5.74) is 1.16. The molecular weight excluding hydrogens is 586 g/mol. The van der Waals surface area contributed by atoms with Crippen molar-refractivity contribution in [1.29, 1.82) is 0 Å². The average Bonchev–Trinajstić information content (AvgIpc) is 3.33. The zero-order valence-electron chi connectivity index (χ0n) is 27.2. The third-order valence-corrected chi connectivity index (χ3v) is 9.86. The number of hydrogen-bond donors (Lipinski definition) is 2. The molecular formula is C35H43N5O6. The lowest BCUT2D eigenvalue weighted by atomic mass is 9.93. The van der Waals surface area contributed by atoms with Crippen molar-refractivity contribution in [2.24, 2.45) is 17.8 Å². The van der Waals surface area contributed by atoms with Gasteiger partial charge in [-0.2, -0.15) is 5.10 Å². The van der Waals surface area contributed by atoms with Gasteiger partial charge in [-0.25, -0.2) is 14.5 Å². The number of ether oxygens (including phenoxy) is 2. The molecule has 2 fully saturated rings. The van der Waals surface area contributed by atoms with Crippen LogP contribution in [0.2, 0.25) is 0 Å². The molecule has 244 valence electrons. The van der Waals surface area contributed by atoms with E-state index in [9.17, 15) is 19.5 Å². The summed E-state index contributed by atoms with van der Waals surface area (Å²) in [5.74, 6) is -1.11. The van der Waals surface area contributed by atoms with Gasteiger partial charge in [0, 0.05) is 42.7 Å². The first-order valence-corrected chi connectivity index (χ1v) is 16.2. The Morgan fingerprint density at radius 2 is 1.91 bits per heavy atom. The van der Waals surface area contributed by atoms with Crippen molar-refractivity contribution in [3.63, 3.8) is 0 Å². The quantitative estimate of drug-likeness (QED) is 0.372. The maximum absolute atomic E-state index is 13.8. The molecule has 2 aliphatic carbocycles. The van der Waals surface area contributed by atoms with Gasteiger partial charge in [0.15, 0.2) is 5.82 Å². The smallest absolute Gasteiger partial charge is 0.330 e. The Kier molecular flexibility index (Phi) is 8.52. The van der Waals surface area contributed by atoms with Gasteiger partial charge in [-0.3, -0.25) is 9.59 Å². The molecule has 3 heterocycles. The predicted molar refractivity (Wildman–Crippen MR) is 172 cm³/mol. The Bertz CT molecular complexity index is 1700. The summed E-state index contributed by atoms with van der Waals surface area (Å²) in [6.45, 7) is 6.70. The standard InChI is InChI=1S/C35H43N5O6/c1-20(2)27-13-15-40(38-27)30-18-29(24-11-12-28(45-5)21(3)31(24)36-30)46-23-16-25-26(17-23)33(42)39(4)14-9-7-6-8-10-22-19-35(22,34(43)44)37-32(25)41/h8,10-13,15,18,20,22-23,25-26H,6-7,9,14,16-17,19H2,1-5H3,(H,37,41)(H,43,44)/b10-8-. The van der Waals surface area contributed by atoms with E-state index in [1.807, 2.05) is 49.5 Å². The van der Waals surface area contributed by atoms with E-state index in [0.717, 1.165) is 35.9 Å². The number of pyridine rings is 1. The van der Waals surface area contributed by atoms with Crippen molar-refractivity contribution >= 4 is 28.7 Å². The third-order valence-electron chi connectivity index (χ3n) is 9.86. The van der Waals surface area contributed by atoms with E-state index in [1.54, 1.807) is 23.7 Å². The number of fused-ring (bicyclic) bond motifs is 3. The number of benzene rings is 1. The number of carboxylic acids is 1. The number of aliphatic carboxylic acids is 1. The van der Waals surface area contributed by atoms with Crippen LogP contribution in [0.3, 0.4) is 0 Å². The van der Waals surface area contributed by atoms with E-state index in [4.69, 9.17) is 19.6 Å². The monoisotopic (exact) mass is 629 g/mol. The van der Waals surface area contributed by atoms with E-state index >= 15 is 0 Å². The molecule has 2 aromatic heterocycles. The molecule has 11 heteroatoms.